The lowest BCUT2D eigenvalue weighted by molar-refractivity contribution is -0.166. The summed E-state index contributed by atoms with van der Waals surface area (Å²) in [5.41, 5.74) is 5.72. The van der Waals surface area contributed by atoms with Gasteiger partial charge in [0.25, 0.3) is 0 Å². The van der Waals surface area contributed by atoms with Gasteiger partial charge in [-0.15, -0.1) is 0 Å². The van der Waals surface area contributed by atoms with Crippen LogP contribution in [0.4, 0.5) is 17.6 Å². The number of alkyl halides is 4. The van der Waals surface area contributed by atoms with E-state index in [2.05, 4.69) is 62.8 Å². The smallest absolute Gasteiger partial charge is 0.383 e. The van der Waals surface area contributed by atoms with Crippen molar-refractivity contribution in [2.24, 2.45) is 51.6 Å². The van der Waals surface area contributed by atoms with Crippen molar-refractivity contribution in [2.75, 3.05) is 20.8 Å². The fraction of sp³-hybridized carbons (Fsp3) is 0.951. The van der Waals surface area contributed by atoms with Gasteiger partial charge in [0.05, 0.1) is 12.5 Å². The van der Waals surface area contributed by atoms with E-state index in [9.17, 15) is 18.0 Å². The molecule has 0 radical (unpaired) electrons. The van der Waals surface area contributed by atoms with Crippen LogP contribution >= 0.6 is 0 Å². The Morgan fingerprint density at radius 3 is 2.15 bits per heavy atom. The molecule has 2 rings (SSSR count). The number of halogens is 4. The molecule has 53 heavy (non-hydrogen) atoms. The third kappa shape index (κ3) is 14.8. The van der Waals surface area contributed by atoms with E-state index < -0.39 is 42.3 Å². The minimum atomic E-state index is -4.77. The number of carbonyl (C=O) groups excluding carboxylic acids is 1. The van der Waals surface area contributed by atoms with E-state index in [1.54, 1.807) is 7.11 Å². The zero-order valence-electron chi connectivity index (χ0n) is 34.9. The first-order valence-corrected chi connectivity index (χ1v) is 21.0. The van der Waals surface area contributed by atoms with Crippen molar-refractivity contribution in [2.45, 2.75) is 188 Å². The molecule has 0 aromatic rings. The first-order chi connectivity index (χ1) is 24.9. The van der Waals surface area contributed by atoms with Gasteiger partial charge in [-0.25, -0.2) is 9.38 Å². The van der Waals surface area contributed by atoms with E-state index in [4.69, 9.17) is 15.5 Å². The predicted octanol–water partition coefficient (Wildman–Crippen LogP) is 8.49. The number of methoxy groups -OCH3 is 1. The number of hydrogen-bond donors (Lipinski definition) is 5. The van der Waals surface area contributed by atoms with Crippen molar-refractivity contribution in [1.82, 2.24) is 21.3 Å². The molecule has 0 spiro atoms. The molecule has 8 nitrogen and oxygen atoms in total. The Hall–Kier alpha value is -1.50. The fourth-order valence-electron chi connectivity index (χ4n) is 9.14. The number of nitrogens with two attached hydrogens (primary N) is 1. The van der Waals surface area contributed by atoms with Crippen LogP contribution in [0, 0.1) is 40.9 Å². The van der Waals surface area contributed by atoms with Crippen LogP contribution in [0.3, 0.4) is 0 Å². The Morgan fingerprint density at radius 2 is 1.62 bits per heavy atom. The maximum atomic E-state index is 16.9. The van der Waals surface area contributed by atoms with Gasteiger partial charge in [-0.05, 0) is 88.0 Å². The second kappa shape index (κ2) is 22.9. The molecule has 6 N–H and O–H groups in total. The summed E-state index contributed by atoms with van der Waals surface area (Å²) in [5, 5.41) is 13.0. The Bertz CT molecular complexity index is 1070. The molecule has 0 aromatic heterocycles. The molecule has 12 heteroatoms. The number of hydrogen-bond acceptors (Lipinski definition) is 6. The van der Waals surface area contributed by atoms with Crippen LogP contribution in [0.2, 0.25) is 0 Å². The summed E-state index contributed by atoms with van der Waals surface area (Å²) in [6.45, 7) is 16.8. The molecular weight excluding hydrogens is 684 g/mol. The van der Waals surface area contributed by atoms with Crippen molar-refractivity contribution in [1.29, 1.82) is 0 Å². The van der Waals surface area contributed by atoms with Gasteiger partial charge in [-0.1, -0.05) is 93.4 Å². The zero-order chi connectivity index (χ0) is 39.9. The Balaban J connectivity index is 2.60. The Kier molecular flexibility index (Phi) is 20.6. The van der Waals surface area contributed by atoms with Crippen LogP contribution < -0.4 is 27.0 Å². The molecule has 312 valence electrons. The molecule has 0 heterocycles. The summed E-state index contributed by atoms with van der Waals surface area (Å²) < 4.78 is 64.9. The molecule has 10 atom stereocenters. The van der Waals surface area contributed by atoms with Crippen molar-refractivity contribution < 1.29 is 27.1 Å². The number of rotatable bonds is 19. The van der Waals surface area contributed by atoms with Crippen LogP contribution in [-0.2, 0) is 9.53 Å². The first kappa shape index (κ1) is 47.7. The average Bonchev–Trinajstić information content (AvgIpc) is 3.43. The van der Waals surface area contributed by atoms with E-state index in [-0.39, 0.29) is 54.4 Å². The standard InChI is InChI=1S/C41H78F4N6O2/c1-11-22-40(7,8)27(5)20-21-31(36(46)41(43,44)45)38(52)51-39(48-28(6)25-53-10)50-37(49-30(12-2)13-3)35-33(42)23-26(4)32(24-34(35)47-9)29-18-16-14-15-17-19-29/h26-37,47,49H,11-25,46H2,1-10H3,(H2,48,50,51,52). The molecule has 2 aliphatic rings. The van der Waals surface area contributed by atoms with Crippen molar-refractivity contribution in [3.63, 3.8) is 0 Å². The Labute approximate surface area is 320 Å². The molecule has 2 aliphatic carbocycles. The van der Waals surface area contributed by atoms with Gasteiger partial charge in [0.2, 0.25) is 5.91 Å². The molecule has 10 unspecified atom stereocenters. The lowest BCUT2D eigenvalue weighted by Crippen LogP contribution is -2.56. The van der Waals surface area contributed by atoms with E-state index >= 15 is 4.39 Å². The highest BCUT2D eigenvalue weighted by atomic mass is 19.4. The minimum Gasteiger partial charge on any atom is -0.383 e. The van der Waals surface area contributed by atoms with Gasteiger partial charge >= 0.3 is 6.18 Å². The highest BCUT2D eigenvalue weighted by Crippen LogP contribution is 2.43. The summed E-state index contributed by atoms with van der Waals surface area (Å²) in [5.74, 6) is -1.78. The fourth-order valence-corrected chi connectivity index (χ4v) is 9.14. The molecule has 1 amide bonds. The van der Waals surface area contributed by atoms with Gasteiger partial charge in [0.1, 0.15) is 18.4 Å². The minimum absolute atomic E-state index is 0.00130. The number of ether oxygens (including phenoxy) is 1. The number of amides is 1. The summed E-state index contributed by atoms with van der Waals surface area (Å²) in [4.78, 5) is 19.1. The van der Waals surface area contributed by atoms with Gasteiger partial charge < -0.3 is 21.1 Å². The molecule has 2 saturated carbocycles. The maximum Gasteiger partial charge on any atom is 0.404 e. The van der Waals surface area contributed by atoms with Crippen LogP contribution in [0.25, 0.3) is 0 Å². The molecule has 0 aromatic carbocycles. The normalized spacial score (nSPS) is 27.0. The lowest BCUT2D eigenvalue weighted by atomic mass is 9.73. The lowest BCUT2D eigenvalue weighted by Gasteiger charge is -2.36. The number of guanidine groups is 1. The number of aliphatic imine (C=N–C) groups is 1. The summed E-state index contributed by atoms with van der Waals surface area (Å²) in [6, 6.07) is -2.90. The SMILES string of the molecule is CCCC(C)(C)C(C)CCC(C(=O)NC(=NC(NC(CC)CC)C1C(F)CC(C)C(C2CCCCCC2)CC1NC)NC(C)COC)C(N)C(F)(F)F. The maximum absolute atomic E-state index is 16.9. The van der Waals surface area contributed by atoms with E-state index in [1.165, 1.54) is 38.5 Å². The highest BCUT2D eigenvalue weighted by Gasteiger charge is 2.47. The summed E-state index contributed by atoms with van der Waals surface area (Å²) >= 11 is 0. The third-order valence-electron chi connectivity index (χ3n) is 13.0. The van der Waals surface area contributed by atoms with Gasteiger partial charge in [-0.3, -0.25) is 15.4 Å². The van der Waals surface area contributed by atoms with Gasteiger partial charge in [0.15, 0.2) is 5.96 Å². The summed E-state index contributed by atoms with van der Waals surface area (Å²) in [7, 11) is 3.43. The van der Waals surface area contributed by atoms with Crippen molar-refractivity contribution >= 4 is 11.9 Å². The molecular formula is C41H78F4N6O2. The van der Waals surface area contributed by atoms with Crippen molar-refractivity contribution in [3.05, 3.63) is 0 Å². The second-order valence-electron chi connectivity index (χ2n) is 17.3. The topological polar surface area (TPSA) is 113 Å². The van der Waals surface area contributed by atoms with Gasteiger partial charge in [0, 0.05) is 31.2 Å². The summed E-state index contributed by atoms with van der Waals surface area (Å²) in [6.07, 6.45) is 5.58. The second-order valence-corrected chi connectivity index (χ2v) is 17.3. The van der Waals surface area contributed by atoms with Crippen LogP contribution in [0.5, 0.6) is 0 Å². The Morgan fingerprint density at radius 1 is 1.00 bits per heavy atom. The quantitative estimate of drug-likeness (QED) is 0.0391. The van der Waals surface area contributed by atoms with E-state index in [1.807, 2.05) is 20.9 Å². The highest BCUT2D eigenvalue weighted by molar-refractivity contribution is 5.98. The number of carbonyl (C=O) groups is 1. The number of nitrogens with zero attached hydrogens (tertiary/aromatic N) is 1. The monoisotopic (exact) mass is 763 g/mol. The van der Waals surface area contributed by atoms with Gasteiger partial charge in [-0.2, -0.15) is 13.2 Å². The largest absolute Gasteiger partial charge is 0.404 e. The average molecular weight is 763 g/mol. The van der Waals surface area contributed by atoms with E-state index in [0.717, 1.165) is 32.1 Å². The third-order valence-corrected chi connectivity index (χ3v) is 13.0. The van der Waals surface area contributed by atoms with Crippen molar-refractivity contribution in [3.8, 4) is 0 Å². The predicted molar refractivity (Wildman–Crippen MR) is 210 cm³/mol. The van der Waals surface area contributed by atoms with Crippen LogP contribution in [0.1, 0.15) is 145 Å². The molecule has 0 saturated heterocycles. The zero-order valence-corrected chi connectivity index (χ0v) is 34.9. The molecule has 2 fully saturated rings. The van der Waals surface area contributed by atoms with Crippen LogP contribution in [0.15, 0.2) is 4.99 Å². The molecule has 0 bridgehead atoms. The first-order valence-electron chi connectivity index (χ1n) is 21.0. The number of nitrogens with one attached hydrogen (secondary N) is 4. The van der Waals surface area contributed by atoms with Crippen LogP contribution in [-0.4, -0.2) is 75.3 Å². The molecule has 0 aliphatic heterocycles. The van der Waals surface area contributed by atoms with E-state index in [0.29, 0.717) is 24.7 Å².